The lowest BCUT2D eigenvalue weighted by Gasteiger charge is -1.98. The highest BCUT2D eigenvalue weighted by Gasteiger charge is 2.10. The maximum atomic E-state index is 9.78. The van der Waals surface area contributed by atoms with Crippen molar-refractivity contribution in [1.29, 1.82) is 0 Å². The van der Waals surface area contributed by atoms with Crippen LogP contribution in [0.25, 0.3) is 0 Å². The molecular weight excluding hydrogens is 131 g/mol. The second kappa shape index (κ2) is 3.69. The van der Waals surface area contributed by atoms with Crippen molar-refractivity contribution in [1.82, 2.24) is 0 Å². The van der Waals surface area contributed by atoms with Gasteiger partial charge in [0.1, 0.15) is 0 Å². The number of aliphatic hydroxyl groups excluding tert-OH is 1. The molecule has 8 heavy (non-hydrogen) atoms. The zero-order valence-electron chi connectivity index (χ0n) is 4.17. The average molecular weight is 139 g/mol. The molecular formula is C4H7ClO3. The van der Waals surface area contributed by atoms with Gasteiger partial charge in [-0.1, -0.05) is 0 Å². The molecule has 0 aromatic heterocycles. The Bertz CT molecular complexity index is 83.4. The Morgan fingerprint density at radius 1 is 1.75 bits per heavy atom. The van der Waals surface area contributed by atoms with Gasteiger partial charge in [-0.05, 0) is 6.42 Å². The first kappa shape index (κ1) is 7.72. The lowest BCUT2D eigenvalue weighted by Crippen LogP contribution is -2.19. The summed E-state index contributed by atoms with van der Waals surface area (Å²) in [7, 11) is 0. The molecule has 0 aliphatic rings. The number of hydrogen-bond donors (Lipinski definition) is 2. The Kier molecular flexibility index (Phi) is 3.56. The van der Waals surface area contributed by atoms with Crippen LogP contribution < -0.4 is 0 Å². The van der Waals surface area contributed by atoms with E-state index in [1.54, 1.807) is 0 Å². The van der Waals surface area contributed by atoms with Gasteiger partial charge in [-0.25, -0.2) is 4.79 Å². The maximum Gasteiger partial charge on any atom is 0.332 e. The summed E-state index contributed by atoms with van der Waals surface area (Å²) in [6.07, 6.45) is -1.19. The van der Waals surface area contributed by atoms with Crippen LogP contribution in [0.3, 0.4) is 0 Å². The molecule has 0 saturated carbocycles. The molecule has 0 bridgehead atoms. The molecule has 48 valence electrons. The van der Waals surface area contributed by atoms with Crippen LogP contribution in [-0.2, 0) is 4.79 Å². The largest absolute Gasteiger partial charge is 0.479 e. The van der Waals surface area contributed by atoms with Crippen molar-refractivity contribution in [2.75, 3.05) is 5.88 Å². The number of hydrogen-bond acceptors (Lipinski definition) is 2. The van der Waals surface area contributed by atoms with Gasteiger partial charge in [0.2, 0.25) is 0 Å². The topological polar surface area (TPSA) is 57.5 Å². The van der Waals surface area contributed by atoms with Gasteiger partial charge in [0.15, 0.2) is 6.10 Å². The molecule has 0 radical (unpaired) electrons. The van der Waals surface area contributed by atoms with Gasteiger partial charge in [-0.3, -0.25) is 0 Å². The van der Waals surface area contributed by atoms with Gasteiger partial charge < -0.3 is 10.2 Å². The predicted molar refractivity (Wildman–Crippen MR) is 29.0 cm³/mol. The summed E-state index contributed by atoms with van der Waals surface area (Å²) in [5.41, 5.74) is 0. The summed E-state index contributed by atoms with van der Waals surface area (Å²) in [4.78, 5) is 9.78. The number of carboxylic acid groups (broad SMARTS) is 1. The van der Waals surface area contributed by atoms with Crippen molar-refractivity contribution >= 4 is 17.6 Å². The average Bonchev–Trinajstić information content (AvgIpc) is 1.67. The summed E-state index contributed by atoms with van der Waals surface area (Å²) in [6.45, 7) is 0. The van der Waals surface area contributed by atoms with Crippen LogP contribution in [0.2, 0.25) is 0 Å². The second-order valence-electron chi connectivity index (χ2n) is 1.33. The van der Waals surface area contributed by atoms with E-state index in [2.05, 4.69) is 0 Å². The first-order valence-corrected chi connectivity index (χ1v) is 2.68. The third-order valence-electron chi connectivity index (χ3n) is 0.668. The van der Waals surface area contributed by atoms with Gasteiger partial charge in [-0.15, -0.1) is 11.6 Å². The van der Waals surface area contributed by atoms with Crippen LogP contribution in [0.4, 0.5) is 0 Å². The van der Waals surface area contributed by atoms with Crippen molar-refractivity contribution in [3.8, 4) is 0 Å². The molecule has 0 aromatic carbocycles. The summed E-state index contributed by atoms with van der Waals surface area (Å²) < 4.78 is 0. The zero-order chi connectivity index (χ0) is 6.57. The van der Waals surface area contributed by atoms with E-state index in [4.69, 9.17) is 21.8 Å². The zero-order valence-corrected chi connectivity index (χ0v) is 4.93. The third-order valence-corrected chi connectivity index (χ3v) is 0.886. The van der Waals surface area contributed by atoms with Crippen LogP contribution in [0.1, 0.15) is 6.42 Å². The number of aliphatic carboxylic acids is 1. The molecule has 0 heterocycles. The number of rotatable bonds is 3. The van der Waals surface area contributed by atoms with E-state index in [-0.39, 0.29) is 12.3 Å². The van der Waals surface area contributed by atoms with Crippen LogP contribution in [0, 0.1) is 0 Å². The van der Waals surface area contributed by atoms with E-state index in [1.807, 2.05) is 0 Å². The van der Waals surface area contributed by atoms with E-state index < -0.39 is 12.1 Å². The predicted octanol–water partition coefficient (Wildman–Crippen LogP) is 0.0608. The Morgan fingerprint density at radius 2 is 2.25 bits per heavy atom. The molecule has 4 heteroatoms. The van der Waals surface area contributed by atoms with Crippen molar-refractivity contribution < 1.29 is 15.0 Å². The molecule has 3 nitrogen and oxygen atoms in total. The van der Waals surface area contributed by atoms with E-state index in [0.29, 0.717) is 0 Å². The van der Waals surface area contributed by atoms with E-state index in [0.717, 1.165) is 0 Å². The number of carbonyl (C=O) groups is 1. The fourth-order valence-electron chi connectivity index (χ4n) is 0.227. The monoisotopic (exact) mass is 138 g/mol. The summed E-state index contributed by atoms with van der Waals surface area (Å²) in [6, 6.07) is 0. The molecule has 1 atom stereocenters. The second-order valence-corrected chi connectivity index (χ2v) is 1.71. The summed E-state index contributed by atoms with van der Waals surface area (Å²) in [5, 5.41) is 16.4. The van der Waals surface area contributed by atoms with Crippen LogP contribution in [-0.4, -0.2) is 28.2 Å². The SMILES string of the molecule is O=C(O)C(O)CCCl. The molecule has 2 N–H and O–H groups in total. The highest BCUT2D eigenvalue weighted by atomic mass is 35.5. The van der Waals surface area contributed by atoms with Crippen molar-refractivity contribution in [2.45, 2.75) is 12.5 Å². The summed E-state index contributed by atoms with van der Waals surface area (Å²) in [5.74, 6) is -1.04. The molecule has 1 unspecified atom stereocenters. The fraction of sp³-hybridized carbons (Fsp3) is 0.750. The van der Waals surface area contributed by atoms with Crippen LogP contribution in [0.5, 0.6) is 0 Å². The van der Waals surface area contributed by atoms with Crippen LogP contribution in [0.15, 0.2) is 0 Å². The van der Waals surface area contributed by atoms with E-state index in [1.165, 1.54) is 0 Å². The molecule has 0 amide bonds. The number of alkyl halides is 1. The quantitative estimate of drug-likeness (QED) is 0.543. The van der Waals surface area contributed by atoms with E-state index >= 15 is 0 Å². The van der Waals surface area contributed by atoms with Crippen molar-refractivity contribution in [2.24, 2.45) is 0 Å². The van der Waals surface area contributed by atoms with Gasteiger partial charge in [0.25, 0.3) is 0 Å². The van der Waals surface area contributed by atoms with Crippen LogP contribution >= 0.6 is 11.6 Å². The fourth-order valence-corrected chi connectivity index (χ4v) is 0.434. The van der Waals surface area contributed by atoms with Gasteiger partial charge in [0.05, 0.1) is 0 Å². The molecule has 0 spiro atoms. The number of carboxylic acids is 1. The van der Waals surface area contributed by atoms with Gasteiger partial charge >= 0.3 is 5.97 Å². The number of halogens is 1. The molecule has 0 rings (SSSR count). The minimum Gasteiger partial charge on any atom is -0.479 e. The molecule has 0 aromatic rings. The summed E-state index contributed by atoms with van der Waals surface area (Å²) >= 11 is 5.12. The Labute approximate surface area is 51.9 Å². The molecule has 0 fully saturated rings. The smallest absolute Gasteiger partial charge is 0.332 e. The van der Waals surface area contributed by atoms with E-state index in [9.17, 15) is 4.79 Å². The van der Waals surface area contributed by atoms with Gasteiger partial charge in [0, 0.05) is 5.88 Å². The minimum atomic E-state index is -1.30. The molecule has 0 aliphatic heterocycles. The normalized spacial score (nSPS) is 13.2. The minimum absolute atomic E-state index is 0.108. The highest BCUT2D eigenvalue weighted by Crippen LogP contribution is 1.92. The first-order chi connectivity index (χ1) is 3.68. The third kappa shape index (κ3) is 2.82. The molecule has 0 saturated heterocycles. The first-order valence-electron chi connectivity index (χ1n) is 2.15. The molecule has 0 aliphatic carbocycles. The Balaban J connectivity index is 3.32. The van der Waals surface area contributed by atoms with Gasteiger partial charge in [-0.2, -0.15) is 0 Å². The van der Waals surface area contributed by atoms with Crippen molar-refractivity contribution in [3.05, 3.63) is 0 Å². The van der Waals surface area contributed by atoms with Crippen molar-refractivity contribution in [3.63, 3.8) is 0 Å². The number of aliphatic hydroxyl groups is 1. The Hall–Kier alpha value is -0.280. The maximum absolute atomic E-state index is 9.78. The standard InChI is InChI=1S/C4H7ClO3/c5-2-1-3(6)4(7)8/h3,6H,1-2H2,(H,7,8). The Morgan fingerprint density at radius 3 is 2.38 bits per heavy atom. The lowest BCUT2D eigenvalue weighted by molar-refractivity contribution is -0.146. The highest BCUT2D eigenvalue weighted by molar-refractivity contribution is 6.18. The lowest BCUT2D eigenvalue weighted by atomic mass is 10.3.